The lowest BCUT2D eigenvalue weighted by atomic mass is 10.2. The zero-order valence-electron chi connectivity index (χ0n) is 26.9. The van der Waals surface area contributed by atoms with Crippen molar-refractivity contribution in [1.29, 1.82) is 0 Å². The number of rotatable bonds is 7. The predicted octanol–water partition coefficient (Wildman–Crippen LogP) is 8.60. The van der Waals surface area contributed by atoms with Gasteiger partial charge in [-0.15, -0.1) is 10.2 Å². The van der Waals surface area contributed by atoms with E-state index in [4.69, 9.17) is 10.2 Å². The first-order valence-electron chi connectivity index (χ1n) is 15.2. The van der Waals surface area contributed by atoms with Crippen LogP contribution in [0.15, 0.2) is 137 Å². The molecule has 0 atom stereocenters. The number of hydrogen-bond donors (Lipinski definition) is 1. The Morgan fingerprint density at radius 3 is 1.88 bits per heavy atom. The molecule has 0 fully saturated rings. The molecule has 3 heterocycles. The summed E-state index contributed by atoms with van der Waals surface area (Å²) in [4.78, 5) is 14.9. The molecule has 0 saturated heterocycles. The first-order chi connectivity index (χ1) is 23.4. The number of nitrogens with zero attached hydrogens (tertiary/aromatic N) is 9. The molecular weight excluding hydrogens is 637 g/mol. The molecule has 0 aliphatic heterocycles. The summed E-state index contributed by atoms with van der Waals surface area (Å²) in [5, 5.41) is 23.8. The average molecular weight is 670 g/mol. The Morgan fingerprint density at radius 1 is 0.688 bits per heavy atom. The van der Waals surface area contributed by atoms with Crippen molar-refractivity contribution in [2.45, 2.75) is 27.7 Å². The molecule has 0 saturated carbocycles. The maximum Gasteiger partial charge on any atom is 0.364 e. The van der Waals surface area contributed by atoms with Crippen LogP contribution in [0, 0.1) is 27.7 Å². The molecule has 0 aliphatic rings. The van der Waals surface area contributed by atoms with Crippen LogP contribution in [0.2, 0.25) is 0 Å². The number of nitrogens with one attached hydrogen (secondary N) is 1. The molecule has 1 N–H and O–H groups in total. The molecule has 0 unspecified atom stereocenters. The Morgan fingerprint density at radius 2 is 1.27 bits per heavy atom. The minimum absolute atomic E-state index is 0.505. The van der Waals surface area contributed by atoms with Crippen LogP contribution < -0.4 is 10.2 Å². The van der Waals surface area contributed by atoms with E-state index in [2.05, 4.69) is 37.6 Å². The lowest BCUT2D eigenvalue weighted by Crippen LogP contribution is -2.43. The molecule has 0 amide bonds. The van der Waals surface area contributed by atoms with E-state index in [9.17, 15) is 0 Å². The molecule has 0 aliphatic carbocycles. The van der Waals surface area contributed by atoms with Gasteiger partial charge in [0.2, 0.25) is 11.0 Å². The maximum absolute atomic E-state index is 4.70. The standard InChI is InChI=1S/C18H16N5S.C18H17N5S/c1-13-14(2)24-18(19-13)23-21-17(15-9-5-3-6-10-15)20-22(23)16-11-7-4-8-12-16;1-13-14(2)24-18(19-13)23-22-17(15-9-5-3-6-10-15)21-20-16-11-7-4-8-12-16/h3-12H,1-2H3;3-12,20H,1-2H3/q+1;/b;21-17-,23-22?. The van der Waals surface area contributed by atoms with Gasteiger partial charge >= 0.3 is 5.13 Å². The van der Waals surface area contributed by atoms with Gasteiger partial charge in [-0.05, 0) is 78.8 Å². The van der Waals surface area contributed by atoms with Crippen LogP contribution in [-0.4, -0.2) is 30.8 Å². The van der Waals surface area contributed by atoms with Crippen molar-refractivity contribution in [3.8, 4) is 22.2 Å². The van der Waals surface area contributed by atoms with Crippen molar-refractivity contribution in [2.75, 3.05) is 5.43 Å². The van der Waals surface area contributed by atoms with Crippen LogP contribution in [-0.2, 0) is 0 Å². The van der Waals surface area contributed by atoms with Gasteiger partial charge in [-0.3, -0.25) is 5.43 Å². The Labute approximate surface area is 286 Å². The molecule has 0 spiro atoms. The molecule has 7 rings (SSSR count). The van der Waals surface area contributed by atoms with Crippen LogP contribution in [0.3, 0.4) is 0 Å². The second-order valence-corrected chi connectivity index (χ2v) is 12.9. The van der Waals surface area contributed by atoms with Gasteiger partial charge in [0.1, 0.15) is 11.4 Å². The zero-order valence-corrected chi connectivity index (χ0v) is 28.5. The molecule has 3 aromatic heterocycles. The molecule has 0 bridgehead atoms. The van der Waals surface area contributed by atoms with E-state index in [0.29, 0.717) is 16.8 Å². The van der Waals surface area contributed by atoms with E-state index in [0.717, 1.165) is 43.9 Å². The quantitative estimate of drug-likeness (QED) is 0.0601. The van der Waals surface area contributed by atoms with E-state index >= 15 is 0 Å². The molecule has 48 heavy (non-hydrogen) atoms. The fraction of sp³-hybridized carbons (Fsp3) is 0.111. The van der Waals surface area contributed by atoms with E-state index in [1.54, 1.807) is 20.9 Å². The largest absolute Gasteiger partial charge is 0.364 e. The van der Waals surface area contributed by atoms with Crippen LogP contribution in [0.25, 0.3) is 22.2 Å². The molecular formula is C36H33N10S2+. The van der Waals surface area contributed by atoms with Gasteiger partial charge in [-0.2, -0.15) is 5.10 Å². The number of hydrogen-bond acceptors (Lipinski definition) is 9. The van der Waals surface area contributed by atoms with Crippen molar-refractivity contribution in [3.05, 3.63) is 148 Å². The molecule has 12 heteroatoms. The van der Waals surface area contributed by atoms with Gasteiger partial charge in [0.25, 0.3) is 5.82 Å². The molecule has 238 valence electrons. The monoisotopic (exact) mass is 669 g/mol. The fourth-order valence-corrected chi connectivity index (χ4v) is 5.91. The van der Waals surface area contributed by atoms with Crippen molar-refractivity contribution in [1.82, 2.24) is 25.0 Å². The number of hydrazone groups is 1. The molecule has 4 aromatic carbocycles. The summed E-state index contributed by atoms with van der Waals surface area (Å²) >= 11 is 3.13. The molecule has 10 nitrogen and oxygen atoms in total. The maximum atomic E-state index is 4.70. The van der Waals surface area contributed by atoms with E-state index in [-0.39, 0.29) is 0 Å². The third-order valence-electron chi connectivity index (χ3n) is 7.11. The number of aromatic nitrogens is 6. The second kappa shape index (κ2) is 15.2. The van der Waals surface area contributed by atoms with Gasteiger partial charge < -0.3 is 0 Å². The van der Waals surface area contributed by atoms with Crippen LogP contribution in [0.4, 0.5) is 10.8 Å². The number of benzene rings is 4. The number of tetrazole rings is 1. The van der Waals surface area contributed by atoms with Gasteiger partial charge in [0.05, 0.1) is 11.4 Å². The summed E-state index contributed by atoms with van der Waals surface area (Å²) in [6.07, 6.45) is 0. The Balaban J connectivity index is 0.000000167. The second-order valence-electron chi connectivity index (χ2n) is 10.6. The minimum atomic E-state index is 0.505. The number of para-hydroxylation sites is 2. The first kappa shape index (κ1) is 32.2. The molecule has 7 aromatic rings. The summed E-state index contributed by atoms with van der Waals surface area (Å²) in [7, 11) is 0. The van der Waals surface area contributed by atoms with Crippen LogP contribution in [0.5, 0.6) is 0 Å². The van der Waals surface area contributed by atoms with E-state index in [1.807, 2.05) is 142 Å². The Hall–Kier alpha value is -5.72. The van der Waals surface area contributed by atoms with Crippen molar-refractivity contribution < 1.29 is 4.80 Å². The highest BCUT2D eigenvalue weighted by atomic mass is 32.1. The van der Waals surface area contributed by atoms with Crippen molar-refractivity contribution >= 4 is 39.3 Å². The Kier molecular flexibility index (Phi) is 10.2. The molecule has 0 radical (unpaired) electrons. The summed E-state index contributed by atoms with van der Waals surface area (Å²) in [5.41, 5.74) is 8.71. The van der Waals surface area contributed by atoms with Crippen molar-refractivity contribution in [3.63, 3.8) is 0 Å². The summed E-state index contributed by atoms with van der Waals surface area (Å²) < 4.78 is 0. The van der Waals surface area contributed by atoms with Gasteiger partial charge in [0.15, 0.2) is 0 Å². The smallest absolute Gasteiger partial charge is 0.276 e. The predicted molar refractivity (Wildman–Crippen MR) is 193 cm³/mol. The lowest BCUT2D eigenvalue weighted by molar-refractivity contribution is -0.734. The van der Waals surface area contributed by atoms with Gasteiger partial charge in [-0.1, -0.05) is 113 Å². The fourth-order valence-electron chi connectivity index (χ4n) is 4.33. The van der Waals surface area contributed by atoms with Crippen molar-refractivity contribution in [2.24, 2.45) is 15.3 Å². The summed E-state index contributed by atoms with van der Waals surface area (Å²) in [6, 6.07) is 39.4. The topological polar surface area (TPSA) is 109 Å². The normalized spacial score (nSPS) is 11.4. The van der Waals surface area contributed by atoms with E-state index in [1.165, 1.54) is 16.2 Å². The highest BCUT2D eigenvalue weighted by Crippen LogP contribution is 2.24. The number of aryl methyl sites for hydroxylation is 4. The highest BCUT2D eigenvalue weighted by Gasteiger charge is 2.24. The van der Waals surface area contributed by atoms with Crippen LogP contribution in [0.1, 0.15) is 26.7 Å². The summed E-state index contributed by atoms with van der Waals surface area (Å²) in [6.45, 7) is 8.07. The lowest BCUT2D eigenvalue weighted by Gasteiger charge is -2.02. The third-order valence-corrected chi connectivity index (χ3v) is 9.11. The van der Waals surface area contributed by atoms with Crippen LogP contribution >= 0.6 is 22.7 Å². The SMILES string of the molecule is Cc1nc(-[n+]2nc(-c3ccccc3)nn2-c2ccccc2)sc1C.Cc1nc(N=N/C(=N\Nc2ccccc2)c2ccccc2)sc1C. The zero-order chi connectivity index (χ0) is 33.3. The van der Waals surface area contributed by atoms with Gasteiger partial charge in [0, 0.05) is 26.0 Å². The number of azo groups is 1. The summed E-state index contributed by atoms with van der Waals surface area (Å²) in [5.74, 6) is 1.18. The van der Waals surface area contributed by atoms with Gasteiger partial charge in [-0.25, -0.2) is 4.98 Å². The Bertz CT molecular complexity index is 2100. The highest BCUT2D eigenvalue weighted by molar-refractivity contribution is 7.15. The minimum Gasteiger partial charge on any atom is -0.276 e. The third kappa shape index (κ3) is 7.97. The van der Waals surface area contributed by atoms with E-state index < -0.39 is 0 Å². The first-order valence-corrected chi connectivity index (χ1v) is 16.8. The number of amidine groups is 1. The average Bonchev–Trinajstić information content (AvgIpc) is 3.82. The number of thiazole rings is 2. The number of anilines is 1.